The molecule has 0 unspecified atom stereocenters. The van der Waals surface area contributed by atoms with Gasteiger partial charge in [0.25, 0.3) is 5.91 Å². The molecule has 1 fully saturated rings. The van der Waals surface area contributed by atoms with Crippen LogP contribution in [0.1, 0.15) is 22.3 Å². The lowest BCUT2D eigenvalue weighted by molar-refractivity contribution is -0.132. The summed E-state index contributed by atoms with van der Waals surface area (Å²) in [5.41, 5.74) is 1.50. The van der Waals surface area contributed by atoms with Crippen molar-refractivity contribution in [1.82, 2.24) is 9.80 Å². The summed E-state index contributed by atoms with van der Waals surface area (Å²) < 4.78 is 13.3. The van der Waals surface area contributed by atoms with Gasteiger partial charge in [0.1, 0.15) is 5.82 Å². The van der Waals surface area contributed by atoms with Crippen molar-refractivity contribution in [2.24, 2.45) is 0 Å². The van der Waals surface area contributed by atoms with E-state index in [1.54, 1.807) is 15.9 Å². The summed E-state index contributed by atoms with van der Waals surface area (Å²) in [5, 5.41) is 2.15. The Labute approximate surface area is 169 Å². The average Bonchev–Trinajstić information content (AvgIpc) is 2.77. The van der Waals surface area contributed by atoms with Gasteiger partial charge in [-0.15, -0.1) is 0 Å². The van der Waals surface area contributed by atoms with Gasteiger partial charge in [-0.05, 0) is 47.0 Å². The second-order valence-electron chi connectivity index (χ2n) is 7.36. The number of carbonyl (C=O) groups excluding carboxylic acids is 2. The lowest BCUT2D eigenvalue weighted by atomic mass is 10.1. The van der Waals surface area contributed by atoms with Gasteiger partial charge < -0.3 is 9.80 Å². The SMILES string of the molecule is O=C(CCc1cccc(F)c1)N1CCN(C(=O)c2ccc3ccccc3c2)CC1. The quantitative estimate of drug-likeness (QED) is 0.678. The number of fused-ring (bicyclic) bond motifs is 1. The number of halogens is 1. The van der Waals surface area contributed by atoms with Crippen LogP contribution in [0.15, 0.2) is 66.7 Å². The fraction of sp³-hybridized carbons (Fsp3) is 0.250. The van der Waals surface area contributed by atoms with Crippen LogP contribution in [0, 0.1) is 5.82 Å². The zero-order valence-corrected chi connectivity index (χ0v) is 16.2. The Kier molecular flexibility index (Phi) is 5.56. The van der Waals surface area contributed by atoms with Gasteiger partial charge in [-0.3, -0.25) is 9.59 Å². The van der Waals surface area contributed by atoms with Crippen LogP contribution in [-0.2, 0) is 11.2 Å². The number of benzene rings is 3. The van der Waals surface area contributed by atoms with Gasteiger partial charge >= 0.3 is 0 Å². The molecule has 0 atom stereocenters. The predicted molar refractivity (Wildman–Crippen MR) is 111 cm³/mol. The normalized spacial score (nSPS) is 14.2. The summed E-state index contributed by atoms with van der Waals surface area (Å²) >= 11 is 0. The first-order valence-corrected chi connectivity index (χ1v) is 9.90. The molecule has 2 amide bonds. The molecule has 0 aromatic heterocycles. The molecule has 1 aliphatic heterocycles. The molecule has 0 radical (unpaired) electrons. The summed E-state index contributed by atoms with van der Waals surface area (Å²) in [7, 11) is 0. The van der Waals surface area contributed by atoms with E-state index in [-0.39, 0.29) is 17.6 Å². The van der Waals surface area contributed by atoms with E-state index in [1.165, 1.54) is 12.1 Å². The van der Waals surface area contributed by atoms with E-state index in [0.717, 1.165) is 16.3 Å². The van der Waals surface area contributed by atoms with Crippen LogP contribution in [0.3, 0.4) is 0 Å². The van der Waals surface area contributed by atoms with Gasteiger partial charge in [0, 0.05) is 38.2 Å². The molecule has 0 bridgehead atoms. The lowest BCUT2D eigenvalue weighted by Gasteiger charge is -2.35. The molecule has 3 aromatic carbocycles. The Morgan fingerprint density at radius 2 is 1.52 bits per heavy atom. The first-order chi connectivity index (χ1) is 14.1. The van der Waals surface area contributed by atoms with Crippen LogP contribution in [0.25, 0.3) is 10.8 Å². The minimum atomic E-state index is -0.282. The summed E-state index contributed by atoms with van der Waals surface area (Å²) in [5.74, 6) is -0.231. The third-order valence-corrected chi connectivity index (χ3v) is 5.43. The lowest BCUT2D eigenvalue weighted by Crippen LogP contribution is -2.50. The van der Waals surface area contributed by atoms with E-state index in [9.17, 15) is 14.0 Å². The molecule has 0 N–H and O–H groups in total. The van der Waals surface area contributed by atoms with E-state index >= 15 is 0 Å². The largest absolute Gasteiger partial charge is 0.339 e. The number of hydrogen-bond donors (Lipinski definition) is 0. The Morgan fingerprint density at radius 1 is 0.793 bits per heavy atom. The second kappa shape index (κ2) is 8.43. The maximum absolute atomic E-state index is 13.3. The molecule has 4 nitrogen and oxygen atoms in total. The van der Waals surface area contributed by atoms with E-state index in [4.69, 9.17) is 0 Å². The number of piperazine rings is 1. The van der Waals surface area contributed by atoms with Crippen LogP contribution < -0.4 is 0 Å². The van der Waals surface area contributed by atoms with Crippen molar-refractivity contribution in [3.05, 3.63) is 83.7 Å². The molecule has 148 valence electrons. The Balaban J connectivity index is 1.32. The maximum Gasteiger partial charge on any atom is 0.253 e. The number of amides is 2. The van der Waals surface area contributed by atoms with Crippen molar-refractivity contribution in [3.8, 4) is 0 Å². The summed E-state index contributed by atoms with van der Waals surface area (Å²) in [6.45, 7) is 2.11. The van der Waals surface area contributed by atoms with Gasteiger partial charge in [0.2, 0.25) is 5.91 Å². The summed E-state index contributed by atoms with van der Waals surface area (Å²) in [6, 6.07) is 20.1. The molecule has 0 aliphatic carbocycles. The molecule has 0 spiro atoms. The minimum Gasteiger partial charge on any atom is -0.339 e. The topological polar surface area (TPSA) is 40.6 Å². The molecule has 0 saturated carbocycles. The smallest absolute Gasteiger partial charge is 0.253 e. The second-order valence-corrected chi connectivity index (χ2v) is 7.36. The highest BCUT2D eigenvalue weighted by Crippen LogP contribution is 2.18. The molecule has 1 heterocycles. The standard InChI is InChI=1S/C24H23FN2O2/c25-22-7-3-4-18(16-22)8-11-23(28)26-12-14-27(15-13-26)24(29)21-10-9-19-5-1-2-6-20(19)17-21/h1-7,9-10,16-17H,8,11-15H2. The van der Waals surface area contributed by atoms with Gasteiger partial charge in [-0.25, -0.2) is 4.39 Å². The van der Waals surface area contributed by atoms with Gasteiger partial charge in [0.15, 0.2) is 0 Å². The fourth-order valence-electron chi connectivity index (χ4n) is 3.77. The third kappa shape index (κ3) is 4.45. The minimum absolute atomic E-state index is 0.00242. The van der Waals surface area contributed by atoms with Crippen LogP contribution in [-0.4, -0.2) is 47.8 Å². The van der Waals surface area contributed by atoms with Crippen LogP contribution >= 0.6 is 0 Å². The Hall–Kier alpha value is -3.21. The Morgan fingerprint density at radius 3 is 2.28 bits per heavy atom. The monoisotopic (exact) mass is 390 g/mol. The van der Waals surface area contributed by atoms with Gasteiger partial charge in [0.05, 0.1) is 0 Å². The van der Waals surface area contributed by atoms with Gasteiger partial charge in [-0.2, -0.15) is 0 Å². The first kappa shape index (κ1) is 19.1. The van der Waals surface area contributed by atoms with Crippen molar-refractivity contribution in [1.29, 1.82) is 0 Å². The molecule has 3 aromatic rings. The van der Waals surface area contributed by atoms with E-state index in [0.29, 0.717) is 44.6 Å². The highest BCUT2D eigenvalue weighted by Gasteiger charge is 2.24. The average molecular weight is 390 g/mol. The van der Waals surface area contributed by atoms with Crippen molar-refractivity contribution < 1.29 is 14.0 Å². The van der Waals surface area contributed by atoms with Crippen LogP contribution in [0.2, 0.25) is 0 Å². The van der Waals surface area contributed by atoms with Gasteiger partial charge in [-0.1, -0.05) is 42.5 Å². The molecule has 5 heteroatoms. The number of carbonyl (C=O) groups is 2. The molecule has 1 aliphatic rings. The predicted octanol–water partition coefficient (Wildman–Crippen LogP) is 3.90. The first-order valence-electron chi connectivity index (χ1n) is 9.90. The zero-order chi connectivity index (χ0) is 20.2. The summed E-state index contributed by atoms with van der Waals surface area (Å²) in [4.78, 5) is 28.9. The number of nitrogens with zero attached hydrogens (tertiary/aromatic N) is 2. The van der Waals surface area contributed by atoms with Crippen molar-refractivity contribution in [2.75, 3.05) is 26.2 Å². The molecular formula is C24H23FN2O2. The highest BCUT2D eigenvalue weighted by molar-refractivity contribution is 5.98. The van der Waals surface area contributed by atoms with Crippen molar-refractivity contribution in [2.45, 2.75) is 12.8 Å². The number of rotatable bonds is 4. The van der Waals surface area contributed by atoms with Crippen LogP contribution in [0.5, 0.6) is 0 Å². The highest BCUT2D eigenvalue weighted by atomic mass is 19.1. The van der Waals surface area contributed by atoms with Crippen molar-refractivity contribution in [3.63, 3.8) is 0 Å². The van der Waals surface area contributed by atoms with E-state index in [1.807, 2.05) is 48.5 Å². The van der Waals surface area contributed by atoms with E-state index in [2.05, 4.69) is 0 Å². The van der Waals surface area contributed by atoms with E-state index < -0.39 is 0 Å². The van der Waals surface area contributed by atoms with Crippen molar-refractivity contribution >= 4 is 22.6 Å². The Bertz CT molecular complexity index is 1040. The summed E-state index contributed by atoms with van der Waals surface area (Å²) in [6.07, 6.45) is 0.870. The molecule has 1 saturated heterocycles. The molecule has 29 heavy (non-hydrogen) atoms. The number of hydrogen-bond acceptors (Lipinski definition) is 2. The molecule has 4 rings (SSSR count). The zero-order valence-electron chi connectivity index (χ0n) is 16.2. The number of aryl methyl sites for hydroxylation is 1. The van der Waals surface area contributed by atoms with Crippen LogP contribution in [0.4, 0.5) is 4.39 Å². The maximum atomic E-state index is 13.3. The molecular weight excluding hydrogens is 367 g/mol. The fourth-order valence-corrected chi connectivity index (χ4v) is 3.77. The third-order valence-electron chi connectivity index (χ3n) is 5.43.